The van der Waals surface area contributed by atoms with Gasteiger partial charge in [0.2, 0.25) is 5.91 Å². The highest BCUT2D eigenvalue weighted by Gasteiger charge is 2.45. The summed E-state index contributed by atoms with van der Waals surface area (Å²) in [5, 5.41) is 3.57. The zero-order chi connectivity index (χ0) is 25.3. The molecule has 188 valence electrons. The Morgan fingerprint density at radius 1 is 1.26 bits per heavy atom. The molecule has 2 heterocycles. The Labute approximate surface area is 204 Å². The number of ether oxygens (including phenoxy) is 2. The molecule has 2 aromatic rings. The molecule has 0 bridgehead atoms. The van der Waals surface area contributed by atoms with Gasteiger partial charge in [-0.05, 0) is 49.3 Å². The minimum atomic E-state index is -0.933. The number of carbonyl (C=O) groups is 4. The molecule has 1 aromatic heterocycles. The number of nitrogens with one attached hydrogen (secondary N) is 2. The van der Waals surface area contributed by atoms with E-state index >= 15 is 0 Å². The summed E-state index contributed by atoms with van der Waals surface area (Å²) in [6.07, 6.45) is 2.65. The number of Topliss-reactive ketones (excluding diaryl/α,β-unsaturated/α-hetero) is 1. The lowest BCUT2D eigenvalue weighted by Crippen LogP contribution is -2.51. The first-order valence-electron chi connectivity index (χ1n) is 12.0. The van der Waals surface area contributed by atoms with Crippen molar-refractivity contribution in [3.8, 4) is 5.75 Å². The molecule has 4 rings (SSSR count). The number of carbonyl (C=O) groups excluding carboxylic acids is 4. The smallest absolute Gasteiger partial charge is 0.328 e. The first-order valence-corrected chi connectivity index (χ1v) is 12.0. The number of ketones is 1. The SMILES string of the molecule is COC(=O)[C@H](C[C@@H]1CCCC1=O)NC(=O)[C@@H]1CC(C)(C)CN1C(=O)c1cc2c(OC)cccc2[nH]1. The zero-order valence-electron chi connectivity index (χ0n) is 20.7. The second kappa shape index (κ2) is 9.71. The molecule has 9 heteroatoms. The number of methoxy groups -OCH3 is 2. The molecule has 1 aromatic carbocycles. The number of aromatic amines is 1. The van der Waals surface area contributed by atoms with Crippen molar-refractivity contribution in [2.45, 2.75) is 58.0 Å². The van der Waals surface area contributed by atoms with Crippen LogP contribution in [0, 0.1) is 11.3 Å². The van der Waals surface area contributed by atoms with Crippen molar-refractivity contribution in [2.75, 3.05) is 20.8 Å². The van der Waals surface area contributed by atoms with Crippen LogP contribution in [0.3, 0.4) is 0 Å². The number of fused-ring (bicyclic) bond motifs is 1. The lowest BCUT2D eigenvalue weighted by Gasteiger charge is -2.26. The van der Waals surface area contributed by atoms with E-state index in [1.54, 1.807) is 18.1 Å². The molecule has 35 heavy (non-hydrogen) atoms. The van der Waals surface area contributed by atoms with E-state index in [9.17, 15) is 19.2 Å². The topological polar surface area (TPSA) is 118 Å². The third kappa shape index (κ3) is 5.04. The maximum atomic E-state index is 13.6. The van der Waals surface area contributed by atoms with E-state index in [1.165, 1.54) is 7.11 Å². The maximum absolute atomic E-state index is 13.6. The lowest BCUT2D eigenvalue weighted by atomic mass is 9.90. The first-order chi connectivity index (χ1) is 16.6. The van der Waals surface area contributed by atoms with Crippen molar-refractivity contribution in [1.29, 1.82) is 0 Å². The van der Waals surface area contributed by atoms with Gasteiger partial charge in [-0.3, -0.25) is 14.4 Å². The van der Waals surface area contributed by atoms with E-state index in [2.05, 4.69) is 10.3 Å². The Morgan fingerprint density at radius 3 is 2.69 bits per heavy atom. The molecule has 0 spiro atoms. The number of hydrogen-bond donors (Lipinski definition) is 2. The van der Waals surface area contributed by atoms with Gasteiger partial charge in [0.1, 0.15) is 29.3 Å². The standard InChI is InChI=1S/C26H33N3O6/c1-26(2)13-20(23(31)28-19(25(33)35-4)11-15-7-5-9-21(15)30)29(14-26)24(32)18-12-16-17(27-18)8-6-10-22(16)34-3/h6,8,10,12,15,19-20,27H,5,7,9,11,13-14H2,1-4H3,(H,28,31)/t15-,19-,20-/m0/s1. The molecule has 3 atom stereocenters. The van der Waals surface area contributed by atoms with E-state index in [-0.39, 0.29) is 29.4 Å². The van der Waals surface area contributed by atoms with E-state index in [0.717, 1.165) is 17.3 Å². The van der Waals surface area contributed by atoms with Crippen molar-refractivity contribution in [3.05, 3.63) is 30.0 Å². The Kier molecular flexibility index (Phi) is 6.87. The number of rotatable bonds is 7. The number of esters is 1. The monoisotopic (exact) mass is 483 g/mol. The Morgan fingerprint density at radius 2 is 2.03 bits per heavy atom. The molecule has 2 aliphatic rings. The van der Waals surface area contributed by atoms with Crippen LogP contribution >= 0.6 is 0 Å². The van der Waals surface area contributed by atoms with E-state index in [1.807, 2.05) is 32.0 Å². The highest BCUT2D eigenvalue weighted by molar-refractivity contribution is 6.02. The fraction of sp³-hybridized carbons (Fsp3) is 0.538. The molecule has 1 aliphatic heterocycles. The van der Waals surface area contributed by atoms with Gasteiger partial charge >= 0.3 is 5.97 Å². The number of hydrogen-bond acceptors (Lipinski definition) is 6. The van der Waals surface area contributed by atoms with Gasteiger partial charge in [-0.1, -0.05) is 19.9 Å². The summed E-state index contributed by atoms with van der Waals surface area (Å²) < 4.78 is 10.3. The van der Waals surface area contributed by atoms with Crippen molar-refractivity contribution in [2.24, 2.45) is 11.3 Å². The quantitative estimate of drug-likeness (QED) is 0.585. The fourth-order valence-corrected chi connectivity index (χ4v) is 5.34. The number of nitrogens with zero attached hydrogens (tertiary/aromatic N) is 1. The summed E-state index contributed by atoms with van der Waals surface area (Å²) in [6.45, 7) is 4.40. The van der Waals surface area contributed by atoms with Crippen molar-refractivity contribution < 1.29 is 28.7 Å². The van der Waals surface area contributed by atoms with Gasteiger partial charge in [0.25, 0.3) is 5.91 Å². The van der Waals surface area contributed by atoms with Crippen molar-refractivity contribution in [3.63, 3.8) is 0 Å². The van der Waals surface area contributed by atoms with Crippen LogP contribution in [0.15, 0.2) is 24.3 Å². The number of benzene rings is 1. The summed E-state index contributed by atoms with van der Waals surface area (Å²) in [5.41, 5.74) is 0.837. The molecule has 2 N–H and O–H groups in total. The van der Waals surface area contributed by atoms with Gasteiger partial charge in [-0.15, -0.1) is 0 Å². The Balaban J connectivity index is 1.56. The van der Waals surface area contributed by atoms with Crippen LogP contribution in [0.25, 0.3) is 10.9 Å². The van der Waals surface area contributed by atoms with Gasteiger partial charge < -0.3 is 24.7 Å². The zero-order valence-corrected chi connectivity index (χ0v) is 20.7. The molecule has 1 aliphatic carbocycles. The van der Waals surface area contributed by atoms with E-state index < -0.39 is 24.0 Å². The fourth-order valence-electron chi connectivity index (χ4n) is 5.34. The van der Waals surface area contributed by atoms with Gasteiger partial charge in [0.05, 0.1) is 14.2 Å². The van der Waals surface area contributed by atoms with Crippen LogP contribution in [-0.2, 0) is 19.1 Å². The van der Waals surface area contributed by atoms with Gasteiger partial charge in [0, 0.05) is 29.8 Å². The number of H-pyrrole nitrogens is 1. The predicted octanol–water partition coefficient (Wildman–Crippen LogP) is 2.83. The summed E-state index contributed by atoms with van der Waals surface area (Å²) >= 11 is 0. The highest BCUT2D eigenvalue weighted by Crippen LogP contribution is 2.36. The first kappa shape index (κ1) is 24.8. The van der Waals surface area contributed by atoms with Gasteiger partial charge in [-0.25, -0.2) is 4.79 Å². The number of likely N-dealkylation sites (tertiary alicyclic amines) is 1. The van der Waals surface area contributed by atoms with E-state index in [0.29, 0.717) is 37.3 Å². The molecular weight excluding hydrogens is 450 g/mol. The summed E-state index contributed by atoms with van der Waals surface area (Å²) in [6, 6.07) is 5.57. The van der Waals surface area contributed by atoms with E-state index in [4.69, 9.17) is 9.47 Å². The highest BCUT2D eigenvalue weighted by atomic mass is 16.5. The third-order valence-electron chi connectivity index (χ3n) is 7.11. The summed E-state index contributed by atoms with van der Waals surface area (Å²) in [5.74, 6) is -0.806. The van der Waals surface area contributed by atoms with Crippen LogP contribution in [0.2, 0.25) is 0 Å². The maximum Gasteiger partial charge on any atom is 0.328 e. The van der Waals surface area contributed by atoms with Gasteiger partial charge in [-0.2, -0.15) is 0 Å². The largest absolute Gasteiger partial charge is 0.496 e. The normalized spacial score (nSPS) is 22.3. The third-order valence-corrected chi connectivity index (χ3v) is 7.11. The molecular formula is C26H33N3O6. The second-order valence-corrected chi connectivity index (χ2v) is 10.3. The number of aromatic nitrogens is 1. The van der Waals surface area contributed by atoms with Crippen LogP contribution in [0.1, 0.15) is 56.4 Å². The predicted molar refractivity (Wildman–Crippen MR) is 129 cm³/mol. The molecule has 2 fully saturated rings. The van der Waals surface area contributed by atoms with Crippen LogP contribution in [0.5, 0.6) is 5.75 Å². The van der Waals surface area contributed by atoms with Crippen LogP contribution in [-0.4, -0.2) is 66.3 Å². The average molecular weight is 484 g/mol. The lowest BCUT2D eigenvalue weighted by molar-refractivity contribution is -0.146. The van der Waals surface area contributed by atoms with Crippen LogP contribution in [0.4, 0.5) is 0 Å². The minimum Gasteiger partial charge on any atom is -0.496 e. The second-order valence-electron chi connectivity index (χ2n) is 10.3. The Hall–Kier alpha value is -3.36. The molecule has 1 saturated heterocycles. The minimum absolute atomic E-state index is 0.112. The molecule has 9 nitrogen and oxygen atoms in total. The van der Waals surface area contributed by atoms with Crippen LogP contribution < -0.4 is 10.1 Å². The molecule has 0 unspecified atom stereocenters. The Bertz CT molecular complexity index is 1150. The van der Waals surface area contributed by atoms with Gasteiger partial charge in [0.15, 0.2) is 0 Å². The summed E-state index contributed by atoms with van der Waals surface area (Å²) in [4.78, 5) is 56.2. The molecule has 2 amide bonds. The van der Waals surface area contributed by atoms with Crippen molar-refractivity contribution >= 4 is 34.5 Å². The van der Waals surface area contributed by atoms with Crippen molar-refractivity contribution in [1.82, 2.24) is 15.2 Å². The number of amides is 2. The molecule has 1 saturated carbocycles. The average Bonchev–Trinajstić information content (AvgIpc) is 3.53. The summed E-state index contributed by atoms with van der Waals surface area (Å²) in [7, 11) is 2.83. The molecule has 0 radical (unpaired) electrons.